The van der Waals surface area contributed by atoms with E-state index in [1.54, 1.807) is 13.2 Å². The monoisotopic (exact) mass is 328 g/mol. The normalized spacial score (nSPS) is 13.0. The summed E-state index contributed by atoms with van der Waals surface area (Å²) in [6.45, 7) is 0. The Bertz CT molecular complexity index is 744. The van der Waals surface area contributed by atoms with Crippen molar-refractivity contribution in [2.75, 3.05) is 23.5 Å². The van der Waals surface area contributed by atoms with Crippen LogP contribution in [0, 0.1) is 0 Å². The Kier molecular flexibility index (Phi) is 4.52. The molecule has 0 fully saturated rings. The minimum Gasteiger partial charge on any atom is -0.497 e. The molecule has 1 heterocycles. The fourth-order valence-corrected chi connectivity index (χ4v) is 3.08. The van der Waals surface area contributed by atoms with E-state index in [0.29, 0.717) is 11.4 Å². The lowest BCUT2D eigenvalue weighted by atomic mass is 10.1. The second kappa shape index (κ2) is 6.75. The van der Waals surface area contributed by atoms with E-state index in [9.17, 15) is 9.59 Å². The number of ether oxygens (including phenoxy) is 1. The Morgan fingerprint density at radius 1 is 1.26 bits per heavy atom. The van der Waals surface area contributed by atoms with Gasteiger partial charge in [-0.15, -0.1) is 11.8 Å². The van der Waals surface area contributed by atoms with Gasteiger partial charge in [0.2, 0.25) is 11.8 Å². The summed E-state index contributed by atoms with van der Waals surface area (Å²) in [5, 5.41) is 5.66. The number of benzene rings is 2. The Balaban J connectivity index is 1.65. The summed E-state index contributed by atoms with van der Waals surface area (Å²) >= 11 is 1.49. The number of hydrogen-bond acceptors (Lipinski definition) is 4. The maximum absolute atomic E-state index is 12.1. The van der Waals surface area contributed by atoms with Gasteiger partial charge in [-0.2, -0.15) is 0 Å². The van der Waals surface area contributed by atoms with Crippen LogP contribution in [-0.2, 0) is 16.0 Å². The molecular weight excluding hydrogens is 312 g/mol. The third-order valence-corrected chi connectivity index (χ3v) is 4.49. The number of fused-ring (bicyclic) bond motifs is 1. The van der Waals surface area contributed by atoms with Crippen LogP contribution in [0.2, 0.25) is 0 Å². The maximum atomic E-state index is 12.1. The number of nitrogens with one attached hydrogen (secondary N) is 2. The van der Waals surface area contributed by atoms with Gasteiger partial charge in [-0.1, -0.05) is 12.1 Å². The second-order valence-corrected chi connectivity index (χ2v) is 6.14. The van der Waals surface area contributed by atoms with Crippen LogP contribution in [-0.4, -0.2) is 24.7 Å². The van der Waals surface area contributed by atoms with E-state index in [-0.39, 0.29) is 18.2 Å². The topological polar surface area (TPSA) is 67.4 Å². The molecule has 0 radical (unpaired) electrons. The molecule has 3 rings (SSSR count). The zero-order valence-corrected chi connectivity index (χ0v) is 13.4. The highest BCUT2D eigenvalue weighted by Crippen LogP contribution is 2.33. The number of amides is 2. The summed E-state index contributed by atoms with van der Waals surface area (Å²) in [5.74, 6) is 1.06. The van der Waals surface area contributed by atoms with Gasteiger partial charge in [0, 0.05) is 10.6 Å². The SMILES string of the molecule is COc1ccc(CC(=O)Nc2ccc3c(c2)NC(=O)CS3)cc1. The number of hydrogen-bond donors (Lipinski definition) is 2. The van der Waals surface area contributed by atoms with Crippen molar-refractivity contribution < 1.29 is 14.3 Å². The number of carbonyl (C=O) groups is 2. The molecule has 0 aromatic heterocycles. The Morgan fingerprint density at radius 2 is 2.04 bits per heavy atom. The third kappa shape index (κ3) is 3.84. The summed E-state index contributed by atoms with van der Waals surface area (Å²) in [6.07, 6.45) is 0.280. The molecule has 23 heavy (non-hydrogen) atoms. The van der Waals surface area contributed by atoms with Crippen molar-refractivity contribution in [3.05, 3.63) is 48.0 Å². The van der Waals surface area contributed by atoms with Crippen molar-refractivity contribution in [2.24, 2.45) is 0 Å². The van der Waals surface area contributed by atoms with Crippen LogP contribution in [0.25, 0.3) is 0 Å². The highest BCUT2D eigenvalue weighted by atomic mass is 32.2. The summed E-state index contributed by atoms with van der Waals surface area (Å²) in [5.41, 5.74) is 2.32. The lowest BCUT2D eigenvalue weighted by molar-refractivity contribution is -0.115. The predicted molar refractivity (Wildman–Crippen MR) is 91.1 cm³/mol. The summed E-state index contributed by atoms with van der Waals surface area (Å²) in [6, 6.07) is 12.9. The molecule has 0 aliphatic carbocycles. The van der Waals surface area contributed by atoms with E-state index in [4.69, 9.17) is 4.74 Å². The fraction of sp³-hybridized carbons (Fsp3) is 0.176. The molecule has 2 aromatic carbocycles. The van der Waals surface area contributed by atoms with Crippen LogP contribution in [0.1, 0.15) is 5.56 Å². The van der Waals surface area contributed by atoms with E-state index in [2.05, 4.69) is 10.6 Å². The zero-order chi connectivity index (χ0) is 16.2. The van der Waals surface area contributed by atoms with Gasteiger partial charge in [0.1, 0.15) is 5.75 Å². The number of anilines is 2. The van der Waals surface area contributed by atoms with Gasteiger partial charge in [-0.3, -0.25) is 9.59 Å². The highest BCUT2D eigenvalue weighted by molar-refractivity contribution is 8.00. The Morgan fingerprint density at radius 3 is 2.78 bits per heavy atom. The molecule has 118 valence electrons. The van der Waals surface area contributed by atoms with Gasteiger partial charge in [0.15, 0.2) is 0 Å². The quantitative estimate of drug-likeness (QED) is 0.905. The van der Waals surface area contributed by atoms with Gasteiger partial charge in [0.05, 0.1) is 25.0 Å². The van der Waals surface area contributed by atoms with E-state index < -0.39 is 0 Å². The Labute approximate surface area is 138 Å². The molecule has 1 aliphatic rings. The molecule has 0 atom stereocenters. The predicted octanol–water partition coefficient (Wildman–Crippen LogP) is 2.92. The molecule has 2 aromatic rings. The first-order valence-electron chi connectivity index (χ1n) is 7.13. The van der Waals surface area contributed by atoms with Crippen LogP contribution in [0.15, 0.2) is 47.4 Å². The van der Waals surface area contributed by atoms with Gasteiger partial charge in [-0.25, -0.2) is 0 Å². The molecule has 0 saturated heterocycles. The first-order valence-corrected chi connectivity index (χ1v) is 8.12. The number of carbonyl (C=O) groups excluding carboxylic acids is 2. The molecular formula is C17H16N2O3S. The smallest absolute Gasteiger partial charge is 0.234 e. The highest BCUT2D eigenvalue weighted by Gasteiger charge is 2.16. The van der Waals surface area contributed by atoms with Crippen molar-refractivity contribution in [3.63, 3.8) is 0 Å². The van der Waals surface area contributed by atoms with Crippen LogP contribution in [0.5, 0.6) is 5.75 Å². The van der Waals surface area contributed by atoms with E-state index in [1.165, 1.54) is 11.8 Å². The van der Waals surface area contributed by atoms with Crippen molar-refractivity contribution in [2.45, 2.75) is 11.3 Å². The standard InChI is InChI=1S/C17H16N2O3S/c1-22-13-5-2-11(3-6-13)8-16(20)18-12-4-7-15-14(9-12)19-17(21)10-23-15/h2-7,9H,8,10H2,1H3,(H,18,20)(H,19,21). The summed E-state index contributed by atoms with van der Waals surface area (Å²) in [7, 11) is 1.61. The second-order valence-electron chi connectivity index (χ2n) is 5.12. The van der Waals surface area contributed by atoms with Crippen molar-refractivity contribution in [1.29, 1.82) is 0 Å². The third-order valence-electron chi connectivity index (χ3n) is 3.42. The van der Waals surface area contributed by atoms with E-state index in [0.717, 1.165) is 21.9 Å². The van der Waals surface area contributed by atoms with Crippen molar-refractivity contribution >= 4 is 35.0 Å². The van der Waals surface area contributed by atoms with E-state index in [1.807, 2.05) is 36.4 Å². The maximum Gasteiger partial charge on any atom is 0.234 e. The summed E-state index contributed by atoms with van der Waals surface area (Å²) in [4.78, 5) is 24.6. The molecule has 5 nitrogen and oxygen atoms in total. The molecule has 1 aliphatic heterocycles. The molecule has 0 saturated carbocycles. The lowest BCUT2D eigenvalue weighted by Gasteiger charge is -2.17. The average molecular weight is 328 g/mol. The van der Waals surface area contributed by atoms with Crippen molar-refractivity contribution in [1.82, 2.24) is 0 Å². The number of rotatable bonds is 4. The Hall–Kier alpha value is -2.47. The molecule has 0 unspecified atom stereocenters. The minimum atomic E-state index is -0.107. The van der Waals surface area contributed by atoms with Gasteiger partial charge in [0.25, 0.3) is 0 Å². The van der Waals surface area contributed by atoms with Crippen molar-refractivity contribution in [3.8, 4) is 5.75 Å². The van der Waals surface area contributed by atoms with Crippen LogP contribution in [0.3, 0.4) is 0 Å². The van der Waals surface area contributed by atoms with Gasteiger partial charge in [-0.05, 0) is 35.9 Å². The average Bonchev–Trinajstić information content (AvgIpc) is 2.55. The fourth-order valence-electron chi connectivity index (χ4n) is 2.29. The zero-order valence-electron chi connectivity index (χ0n) is 12.6. The molecule has 0 bridgehead atoms. The van der Waals surface area contributed by atoms with Crippen LogP contribution >= 0.6 is 11.8 Å². The number of methoxy groups -OCH3 is 1. The van der Waals surface area contributed by atoms with Gasteiger partial charge >= 0.3 is 0 Å². The van der Waals surface area contributed by atoms with Crippen LogP contribution in [0.4, 0.5) is 11.4 Å². The first-order chi connectivity index (χ1) is 11.1. The molecule has 0 spiro atoms. The summed E-state index contributed by atoms with van der Waals surface area (Å²) < 4.78 is 5.09. The van der Waals surface area contributed by atoms with Crippen LogP contribution < -0.4 is 15.4 Å². The van der Waals surface area contributed by atoms with E-state index >= 15 is 0 Å². The first kappa shape index (κ1) is 15.4. The minimum absolute atomic E-state index is 0.0239. The lowest BCUT2D eigenvalue weighted by Crippen LogP contribution is -2.19. The largest absolute Gasteiger partial charge is 0.497 e. The number of thioether (sulfide) groups is 1. The van der Waals surface area contributed by atoms with Gasteiger partial charge < -0.3 is 15.4 Å². The molecule has 2 amide bonds. The molecule has 6 heteroatoms. The molecule has 2 N–H and O–H groups in total.